The molecule has 0 bridgehead atoms. The molecule has 4 aromatic rings. The number of hydrogen-bond donors (Lipinski definition) is 2. The number of rotatable bonds is 1. The lowest BCUT2D eigenvalue weighted by Gasteiger charge is -2.16. The third-order valence-electron chi connectivity index (χ3n) is 5.37. The van der Waals surface area contributed by atoms with Crippen LogP contribution >= 0.6 is 11.6 Å². The molecule has 0 amide bonds. The lowest BCUT2D eigenvalue weighted by Crippen LogP contribution is -2.09. The van der Waals surface area contributed by atoms with Crippen LogP contribution in [-0.2, 0) is 19.0 Å². The number of aromatic nitrogens is 5. The van der Waals surface area contributed by atoms with Gasteiger partial charge in [0.2, 0.25) is 0 Å². The van der Waals surface area contributed by atoms with Gasteiger partial charge in [-0.2, -0.15) is 23.4 Å². The second-order valence-electron chi connectivity index (χ2n) is 7.03. The summed E-state index contributed by atoms with van der Waals surface area (Å²) in [7, 11) is 0. The molecule has 5 nitrogen and oxygen atoms in total. The van der Waals surface area contributed by atoms with Crippen LogP contribution in [0.4, 0.5) is 13.2 Å². The van der Waals surface area contributed by atoms with Gasteiger partial charge in [-0.3, -0.25) is 10.2 Å². The van der Waals surface area contributed by atoms with Crippen molar-refractivity contribution in [2.24, 2.45) is 0 Å². The largest absolute Gasteiger partial charge is 0.433 e. The third kappa shape index (κ3) is 2.58. The van der Waals surface area contributed by atoms with E-state index in [4.69, 9.17) is 11.6 Å². The molecule has 28 heavy (non-hydrogen) atoms. The molecule has 144 valence electrons. The Balaban J connectivity index is 1.90. The van der Waals surface area contributed by atoms with Crippen molar-refractivity contribution >= 4 is 33.4 Å². The first kappa shape index (κ1) is 17.5. The molecule has 1 aromatic carbocycles. The normalized spacial score (nSPS) is 15.1. The fraction of sp³-hybridized carbons (Fsp3) is 0.316. The number of halogens is 4. The van der Waals surface area contributed by atoms with Crippen LogP contribution in [0, 0.1) is 0 Å². The molecule has 1 aliphatic carbocycles. The summed E-state index contributed by atoms with van der Waals surface area (Å²) in [5.74, 6) is 0. The van der Waals surface area contributed by atoms with Gasteiger partial charge in [0.05, 0.1) is 28.5 Å². The number of nitrogens with zero attached hydrogens (tertiary/aromatic N) is 3. The summed E-state index contributed by atoms with van der Waals surface area (Å²) in [6.45, 7) is 0. The van der Waals surface area contributed by atoms with Crippen LogP contribution in [0.3, 0.4) is 0 Å². The maximum Gasteiger partial charge on any atom is 0.433 e. The smallest absolute Gasteiger partial charge is 0.273 e. The number of aryl methyl sites for hydroxylation is 1. The van der Waals surface area contributed by atoms with Gasteiger partial charge in [-0.1, -0.05) is 18.0 Å². The van der Waals surface area contributed by atoms with Gasteiger partial charge >= 0.3 is 6.18 Å². The summed E-state index contributed by atoms with van der Waals surface area (Å²) in [5.41, 5.74) is 2.67. The molecule has 0 radical (unpaired) electrons. The van der Waals surface area contributed by atoms with Gasteiger partial charge in [0.15, 0.2) is 0 Å². The van der Waals surface area contributed by atoms with Crippen LogP contribution in [0.25, 0.3) is 33.1 Å². The number of benzene rings is 1. The summed E-state index contributed by atoms with van der Waals surface area (Å²) < 4.78 is 40.5. The quantitative estimate of drug-likeness (QED) is 0.414. The maximum atomic E-state index is 13.5. The van der Waals surface area contributed by atoms with Crippen LogP contribution in [0.1, 0.15) is 36.1 Å². The molecule has 0 unspecified atom stereocenters. The zero-order valence-electron chi connectivity index (χ0n) is 14.6. The summed E-state index contributed by atoms with van der Waals surface area (Å²) in [6, 6.07) is 3.57. The Kier molecular flexibility index (Phi) is 3.87. The Hall–Kier alpha value is -2.61. The maximum absolute atomic E-state index is 13.5. The zero-order chi connectivity index (χ0) is 19.5. The number of fused-ring (bicyclic) bond motifs is 5. The van der Waals surface area contributed by atoms with Gasteiger partial charge in [-0.05, 0) is 48.9 Å². The van der Waals surface area contributed by atoms with Crippen LogP contribution in [0.2, 0.25) is 5.15 Å². The number of H-pyrrole nitrogens is 2. The van der Waals surface area contributed by atoms with Crippen molar-refractivity contribution in [3.8, 4) is 11.3 Å². The van der Waals surface area contributed by atoms with Crippen LogP contribution in [0.15, 0.2) is 18.3 Å². The van der Waals surface area contributed by atoms with Crippen LogP contribution in [-0.4, -0.2) is 25.4 Å². The Bertz CT molecular complexity index is 1210. The lowest BCUT2D eigenvalue weighted by atomic mass is 9.92. The van der Waals surface area contributed by atoms with Gasteiger partial charge in [-0.25, -0.2) is 4.98 Å². The first-order valence-electron chi connectivity index (χ1n) is 9.04. The van der Waals surface area contributed by atoms with E-state index in [0.29, 0.717) is 22.8 Å². The van der Waals surface area contributed by atoms with E-state index in [1.165, 1.54) is 6.20 Å². The van der Waals surface area contributed by atoms with Gasteiger partial charge < -0.3 is 0 Å². The fourth-order valence-electron chi connectivity index (χ4n) is 4.17. The molecule has 0 spiro atoms. The minimum Gasteiger partial charge on any atom is -0.273 e. The minimum atomic E-state index is -4.53. The van der Waals surface area contributed by atoms with Crippen LogP contribution < -0.4 is 0 Å². The molecule has 5 rings (SSSR count). The molecule has 1 aliphatic rings. The second-order valence-corrected chi connectivity index (χ2v) is 7.40. The van der Waals surface area contributed by atoms with Gasteiger partial charge in [0.25, 0.3) is 0 Å². The molecule has 0 atom stereocenters. The van der Waals surface area contributed by atoms with Crippen molar-refractivity contribution in [2.45, 2.75) is 38.3 Å². The number of hydrogen-bond acceptors (Lipinski definition) is 3. The molecule has 2 N–H and O–H groups in total. The van der Waals surface area contributed by atoms with E-state index in [-0.39, 0.29) is 5.56 Å². The molecule has 3 heterocycles. The topological polar surface area (TPSA) is 70.2 Å². The third-order valence-corrected chi connectivity index (χ3v) is 5.64. The van der Waals surface area contributed by atoms with Crippen molar-refractivity contribution < 1.29 is 13.2 Å². The highest BCUT2D eigenvalue weighted by Crippen LogP contribution is 2.42. The van der Waals surface area contributed by atoms with Crippen molar-refractivity contribution in [1.82, 2.24) is 25.4 Å². The first-order chi connectivity index (χ1) is 13.4. The van der Waals surface area contributed by atoms with Crippen molar-refractivity contribution in [3.05, 3.63) is 40.3 Å². The Labute approximate surface area is 162 Å². The summed E-state index contributed by atoms with van der Waals surface area (Å²) in [5, 5.41) is 14.8. The molecular formula is C19H15ClF3N5. The molecule has 0 saturated heterocycles. The summed E-state index contributed by atoms with van der Waals surface area (Å²) >= 11 is 6.35. The van der Waals surface area contributed by atoms with E-state index in [1.807, 2.05) is 0 Å². The van der Waals surface area contributed by atoms with E-state index in [9.17, 15) is 13.2 Å². The Morgan fingerprint density at radius 2 is 1.68 bits per heavy atom. The molecular weight excluding hydrogens is 391 g/mol. The number of alkyl halides is 3. The standard InChI is InChI=1S/C19H15ClF3N5/c20-18-15-13(26-28-18)7-6-12-14(15)9-4-2-1-3-5-10(9)16(25-12)11-8-24-27-17(11)19(21,22)23/h6-8H,1-5H2,(H,24,27)(H,26,28). The number of nitrogens with one attached hydrogen (secondary N) is 2. The predicted octanol–water partition coefficient (Wildman–Crippen LogP) is 5.44. The van der Waals surface area contributed by atoms with E-state index < -0.39 is 11.9 Å². The lowest BCUT2D eigenvalue weighted by molar-refractivity contribution is -0.140. The first-order valence-corrected chi connectivity index (χ1v) is 9.42. The number of pyridine rings is 1. The second kappa shape index (κ2) is 6.20. The zero-order valence-corrected chi connectivity index (χ0v) is 15.4. The van der Waals surface area contributed by atoms with Crippen molar-refractivity contribution in [3.63, 3.8) is 0 Å². The van der Waals surface area contributed by atoms with E-state index in [1.54, 1.807) is 12.1 Å². The monoisotopic (exact) mass is 405 g/mol. The van der Waals surface area contributed by atoms with Gasteiger partial charge in [0, 0.05) is 10.8 Å². The van der Waals surface area contributed by atoms with Crippen LogP contribution in [0.5, 0.6) is 0 Å². The average molecular weight is 406 g/mol. The average Bonchev–Trinajstić information content (AvgIpc) is 3.21. The highest BCUT2D eigenvalue weighted by molar-refractivity contribution is 6.36. The van der Waals surface area contributed by atoms with E-state index >= 15 is 0 Å². The summed E-state index contributed by atoms with van der Waals surface area (Å²) in [4.78, 5) is 4.66. The number of aromatic amines is 2. The Morgan fingerprint density at radius 1 is 0.929 bits per heavy atom. The minimum absolute atomic E-state index is 0.00839. The van der Waals surface area contributed by atoms with Crippen molar-refractivity contribution in [1.29, 1.82) is 0 Å². The molecule has 9 heteroatoms. The molecule has 0 aliphatic heterocycles. The molecule has 0 saturated carbocycles. The highest BCUT2D eigenvalue weighted by Gasteiger charge is 2.37. The molecule has 3 aromatic heterocycles. The highest BCUT2D eigenvalue weighted by atomic mass is 35.5. The van der Waals surface area contributed by atoms with E-state index in [0.717, 1.165) is 53.1 Å². The summed E-state index contributed by atoms with van der Waals surface area (Å²) in [6.07, 6.45) is 1.01. The Morgan fingerprint density at radius 3 is 2.46 bits per heavy atom. The fourth-order valence-corrected chi connectivity index (χ4v) is 4.41. The van der Waals surface area contributed by atoms with Gasteiger partial charge in [-0.15, -0.1) is 0 Å². The SMILES string of the molecule is FC(F)(F)c1[nH]ncc1-c1nc2ccc3n[nH]c(Cl)c3c2c2c1CCCCC2. The van der Waals surface area contributed by atoms with Crippen molar-refractivity contribution in [2.75, 3.05) is 0 Å². The van der Waals surface area contributed by atoms with E-state index in [2.05, 4.69) is 25.4 Å². The molecule has 0 fully saturated rings. The predicted molar refractivity (Wildman–Crippen MR) is 100 cm³/mol. The van der Waals surface area contributed by atoms with Gasteiger partial charge in [0.1, 0.15) is 10.8 Å².